The highest BCUT2D eigenvalue weighted by atomic mass is 31.1. The Balaban J connectivity index is 1.67. The van der Waals surface area contributed by atoms with E-state index in [-0.39, 0.29) is 0 Å². The van der Waals surface area contributed by atoms with Crippen LogP contribution in [0.5, 0.6) is 23.0 Å². The molecule has 0 spiro atoms. The van der Waals surface area contributed by atoms with E-state index >= 15 is 0 Å². The first-order valence-electron chi connectivity index (χ1n) is 12.0. The molecule has 36 heavy (non-hydrogen) atoms. The molecule has 3 rings (SSSR count). The Hall–Kier alpha value is -2.94. The van der Waals surface area contributed by atoms with E-state index in [2.05, 4.69) is 13.8 Å². The lowest BCUT2D eigenvalue weighted by atomic mass is 10.0. The topological polar surface area (TPSA) is 71.1 Å². The average Bonchev–Trinajstić information content (AvgIpc) is 2.84. The van der Waals surface area contributed by atoms with Crippen molar-refractivity contribution in [1.29, 1.82) is 0 Å². The van der Waals surface area contributed by atoms with Gasteiger partial charge in [0.2, 0.25) is 0 Å². The molecule has 0 amide bonds. The quantitative estimate of drug-likeness (QED) is 0.218. The zero-order valence-electron chi connectivity index (χ0n) is 21.6. The molecule has 0 saturated heterocycles. The molecule has 0 fully saturated rings. The molecular formula is C28H34O6P2+2. The van der Waals surface area contributed by atoms with Crippen LogP contribution in [0.2, 0.25) is 0 Å². The van der Waals surface area contributed by atoms with Crippen molar-refractivity contribution in [3.05, 3.63) is 84.4 Å². The lowest BCUT2D eigenvalue weighted by Gasteiger charge is -2.19. The van der Waals surface area contributed by atoms with Gasteiger partial charge in [0.25, 0.3) is 0 Å². The second-order valence-electron chi connectivity index (χ2n) is 9.39. The summed E-state index contributed by atoms with van der Waals surface area (Å²) in [7, 11) is -4.51. The molecule has 0 N–H and O–H groups in total. The van der Waals surface area contributed by atoms with Crippen molar-refractivity contribution in [1.82, 2.24) is 0 Å². The third-order valence-electron chi connectivity index (χ3n) is 5.66. The number of para-hydroxylation sites is 1. The maximum Gasteiger partial charge on any atom is 0.604 e. The highest BCUT2D eigenvalue weighted by molar-refractivity contribution is 7.41. The molecule has 3 aromatic carbocycles. The van der Waals surface area contributed by atoms with Crippen molar-refractivity contribution in [3.63, 3.8) is 0 Å². The molecule has 3 atom stereocenters. The van der Waals surface area contributed by atoms with Crippen LogP contribution >= 0.6 is 16.1 Å². The standard InChI is InChI=1S/C28H34O6P2/c1-7-28(6,32-24-18-16-22(17-19-24)21(2)3)36(30)34-26-15-11-14-25(20-26)33-35(29)27(4,5)31-23-12-9-8-10-13-23/h8-21H,7H2,1-6H3/q+2. The Labute approximate surface area is 215 Å². The van der Waals surface area contributed by atoms with Gasteiger partial charge >= 0.3 is 26.7 Å². The minimum atomic E-state index is -2.26. The molecule has 0 aliphatic carbocycles. The van der Waals surface area contributed by atoms with E-state index < -0.39 is 26.7 Å². The predicted molar refractivity (Wildman–Crippen MR) is 144 cm³/mol. The second kappa shape index (κ2) is 11.9. The predicted octanol–water partition coefficient (Wildman–Crippen LogP) is 9.07. The van der Waals surface area contributed by atoms with E-state index in [0.717, 1.165) is 0 Å². The van der Waals surface area contributed by atoms with Crippen molar-refractivity contribution in [2.45, 2.75) is 64.6 Å². The summed E-state index contributed by atoms with van der Waals surface area (Å²) in [5.41, 5.74) is 1.20. The van der Waals surface area contributed by atoms with E-state index in [1.54, 1.807) is 57.2 Å². The first kappa shape index (κ1) is 27.6. The van der Waals surface area contributed by atoms with Gasteiger partial charge in [-0.2, -0.15) is 0 Å². The van der Waals surface area contributed by atoms with Crippen LogP contribution in [0.4, 0.5) is 0 Å². The zero-order chi connectivity index (χ0) is 26.3. The van der Waals surface area contributed by atoms with Gasteiger partial charge in [0.05, 0.1) is 0 Å². The zero-order valence-corrected chi connectivity index (χ0v) is 23.4. The minimum Gasteiger partial charge on any atom is -0.442 e. The number of hydrogen-bond acceptors (Lipinski definition) is 6. The molecule has 8 heteroatoms. The molecule has 0 aliphatic heterocycles. The van der Waals surface area contributed by atoms with Crippen LogP contribution in [0.3, 0.4) is 0 Å². The van der Waals surface area contributed by atoms with Gasteiger partial charge in [-0.25, -0.2) is 0 Å². The first-order chi connectivity index (χ1) is 17.0. The molecule has 0 bridgehead atoms. The summed E-state index contributed by atoms with van der Waals surface area (Å²) in [5.74, 6) is 2.30. The van der Waals surface area contributed by atoms with Gasteiger partial charge in [0, 0.05) is 33.3 Å². The van der Waals surface area contributed by atoms with E-state index in [1.165, 1.54) is 5.56 Å². The van der Waals surface area contributed by atoms with E-state index in [1.807, 2.05) is 49.4 Å². The fraction of sp³-hybridized carbons (Fsp3) is 0.357. The monoisotopic (exact) mass is 528 g/mol. The molecular weight excluding hydrogens is 494 g/mol. The number of benzene rings is 3. The summed E-state index contributed by atoms with van der Waals surface area (Å²) in [4.78, 5) is 0. The largest absolute Gasteiger partial charge is 0.604 e. The molecule has 190 valence electrons. The molecule has 3 aromatic rings. The van der Waals surface area contributed by atoms with Gasteiger partial charge in [-0.15, -0.1) is 0 Å². The molecule has 0 radical (unpaired) electrons. The van der Waals surface area contributed by atoms with Crippen molar-refractivity contribution < 1.29 is 27.7 Å². The van der Waals surface area contributed by atoms with Gasteiger partial charge in [0.1, 0.15) is 11.5 Å². The number of ether oxygens (including phenoxy) is 2. The lowest BCUT2D eigenvalue weighted by Crippen LogP contribution is -2.28. The molecule has 6 nitrogen and oxygen atoms in total. The Kier molecular flexibility index (Phi) is 9.11. The van der Waals surface area contributed by atoms with E-state index in [0.29, 0.717) is 35.3 Å². The van der Waals surface area contributed by atoms with Gasteiger partial charge in [-0.3, -0.25) is 9.05 Å². The lowest BCUT2D eigenvalue weighted by molar-refractivity contribution is 0.159. The SMILES string of the molecule is CCC(C)(Oc1ccc(C(C)C)cc1)[P+](=O)Oc1cccc(O[P+](=O)C(C)(C)Oc2ccccc2)c1. The van der Waals surface area contributed by atoms with E-state index in [4.69, 9.17) is 18.5 Å². The van der Waals surface area contributed by atoms with Crippen molar-refractivity contribution >= 4 is 16.1 Å². The fourth-order valence-electron chi connectivity index (χ4n) is 3.21. The second-order valence-corrected chi connectivity index (χ2v) is 12.8. The van der Waals surface area contributed by atoms with Gasteiger partial charge in [0.15, 0.2) is 11.5 Å². The average molecular weight is 529 g/mol. The van der Waals surface area contributed by atoms with Gasteiger partial charge in [-0.1, -0.05) is 57.2 Å². The Morgan fingerprint density at radius 2 is 1.22 bits per heavy atom. The van der Waals surface area contributed by atoms with Crippen LogP contribution < -0.4 is 18.5 Å². The minimum absolute atomic E-state index is 0.324. The highest BCUT2D eigenvalue weighted by Crippen LogP contribution is 2.46. The summed E-state index contributed by atoms with van der Waals surface area (Å²) in [6.45, 7) is 11.3. The van der Waals surface area contributed by atoms with Crippen LogP contribution in [0.15, 0.2) is 78.9 Å². The summed E-state index contributed by atoms with van der Waals surface area (Å²) < 4.78 is 49.6. The fourth-order valence-corrected chi connectivity index (χ4v) is 4.85. The van der Waals surface area contributed by atoms with Crippen molar-refractivity contribution in [2.75, 3.05) is 0 Å². The Morgan fingerprint density at radius 3 is 1.78 bits per heavy atom. The van der Waals surface area contributed by atoms with Crippen LogP contribution in [-0.4, -0.2) is 10.7 Å². The maximum absolute atomic E-state index is 13.2. The van der Waals surface area contributed by atoms with E-state index in [9.17, 15) is 9.13 Å². The third-order valence-corrected chi connectivity index (χ3v) is 8.56. The van der Waals surface area contributed by atoms with Crippen LogP contribution in [0, 0.1) is 0 Å². The third kappa shape index (κ3) is 7.29. The van der Waals surface area contributed by atoms with Crippen molar-refractivity contribution in [3.8, 4) is 23.0 Å². The number of rotatable bonds is 12. The van der Waals surface area contributed by atoms with Crippen LogP contribution in [0.1, 0.15) is 59.4 Å². The van der Waals surface area contributed by atoms with Crippen LogP contribution in [0.25, 0.3) is 0 Å². The highest BCUT2D eigenvalue weighted by Gasteiger charge is 2.50. The normalized spacial score (nSPS) is 14.0. The van der Waals surface area contributed by atoms with Gasteiger partial charge < -0.3 is 9.47 Å². The summed E-state index contributed by atoms with van der Waals surface area (Å²) in [6.07, 6.45) is 0.473. The molecule has 0 aliphatic rings. The Morgan fingerprint density at radius 1 is 0.694 bits per heavy atom. The van der Waals surface area contributed by atoms with Gasteiger partial charge in [-0.05, 0) is 57.0 Å². The molecule has 3 unspecified atom stereocenters. The molecule has 0 saturated carbocycles. The summed E-state index contributed by atoms with van der Waals surface area (Å²) in [6, 6.07) is 23.5. The Bertz CT molecular complexity index is 1180. The van der Waals surface area contributed by atoms with Crippen LogP contribution in [-0.2, 0) is 9.13 Å². The maximum atomic E-state index is 13.2. The number of hydrogen-bond donors (Lipinski definition) is 0. The molecule has 0 aromatic heterocycles. The molecule has 0 heterocycles. The summed E-state index contributed by atoms with van der Waals surface area (Å²) >= 11 is 0. The first-order valence-corrected chi connectivity index (χ1v) is 14.3. The summed E-state index contributed by atoms with van der Waals surface area (Å²) in [5, 5.41) is -2.11. The smallest absolute Gasteiger partial charge is 0.442 e. The van der Waals surface area contributed by atoms with Crippen molar-refractivity contribution in [2.24, 2.45) is 0 Å².